The molecule has 1 saturated heterocycles. The number of carbonyl (C=O) groups excluding carboxylic acids is 1. The number of halogens is 1. The van der Waals surface area contributed by atoms with E-state index in [1.807, 2.05) is 13.0 Å². The van der Waals surface area contributed by atoms with Crippen LogP contribution in [0.2, 0.25) is 0 Å². The van der Waals surface area contributed by atoms with Crippen molar-refractivity contribution in [2.24, 2.45) is 5.92 Å². The number of hydrogen-bond acceptors (Lipinski definition) is 4. The van der Waals surface area contributed by atoms with Crippen LogP contribution in [0.15, 0.2) is 36.7 Å². The van der Waals surface area contributed by atoms with Crippen LogP contribution in [0.1, 0.15) is 28.9 Å². The largest absolute Gasteiger partial charge is 0.356 e. The number of anilines is 1. The Balaban J connectivity index is 1.64. The summed E-state index contributed by atoms with van der Waals surface area (Å²) >= 11 is 0. The maximum atomic E-state index is 12.9. The zero-order chi connectivity index (χ0) is 15.5. The number of benzene rings is 1. The van der Waals surface area contributed by atoms with E-state index in [0.29, 0.717) is 5.56 Å². The number of rotatable bonds is 3. The molecule has 0 saturated carbocycles. The Morgan fingerprint density at radius 3 is 2.50 bits per heavy atom. The first-order valence-corrected chi connectivity index (χ1v) is 7.47. The van der Waals surface area contributed by atoms with Crippen LogP contribution in [0.4, 0.5) is 10.2 Å². The van der Waals surface area contributed by atoms with E-state index in [4.69, 9.17) is 0 Å². The summed E-state index contributed by atoms with van der Waals surface area (Å²) in [7, 11) is 0. The molecule has 2 aromatic rings. The van der Waals surface area contributed by atoms with Crippen molar-refractivity contribution in [3.05, 3.63) is 53.7 Å². The van der Waals surface area contributed by atoms with Crippen molar-refractivity contribution in [2.45, 2.75) is 19.8 Å². The number of nitrogens with zero attached hydrogens (tertiary/aromatic N) is 3. The highest BCUT2D eigenvalue weighted by atomic mass is 19.1. The predicted octanol–water partition coefficient (Wildman–Crippen LogP) is 3.02. The Morgan fingerprint density at radius 1 is 1.18 bits per heavy atom. The van der Waals surface area contributed by atoms with Crippen molar-refractivity contribution in [1.82, 2.24) is 9.97 Å². The summed E-state index contributed by atoms with van der Waals surface area (Å²) in [6.45, 7) is 3.54. The molecule has 1 fully saturated rings. The maximum Gasteiger partial charge on any atom is 0.166 e. The van der Waals surface area contributed by atoms with E-state index in [9.17, 15) is 9.18 Å². The van der Waals surface area contributed by atoms with Gasteiger partial charge in [0.15, 0.2) is 5.78 Å². The summed E-state index contributed by atoms with van der Waals surface area (Å²) in [6.07, 6.45) is 3.15. The second kappa shape index (κ2) is 6.22. The molecule has 3 rings (SSSR count). The topological polar surface area (TPSA) is 46.1 Å². The third kappa shape index (κ3) is 3.13. The van der Waals surface area contributed by atoms with E-state index < -0.39 is 0 Å². The van der Waals surface area contributed by atoms with E-state index in [0.717, 1.165) is 37.4 Å². The molecule has 0 radical (unpaired) electrons. The number of ketones is 1. The number of Topliss-reactive ketones (excluding diaryl/α,β-unsaturated/α-hetero) is 1. The first-order chi connectivity index (χ1) is 10.6. The van der Waals surface area contributed by atoms with E-state index in [1.54, 1.807) is 18.5 Å². The second-order valence-electron chi connectivity index (χ2n) is 5.65. The van der Waals surface area contributed by atoms with Crippen LogP contribution in [0.5, 0.6) is 0 Å². The average Bonchev–Trinajstić information content (AvgIpc) is 2.55. The quantitative estimate of drug-likeness (QED) is 0.817. The first-order valence-electron chi connectivity index (χ1n) is 7.47. The Morgan fingerprint density at radius 2 is 1.86 bits per heavy atom. The van der Waals surface area contributed by atoms with E-state index in [2.05, 4.69) is 14.9 Å². The summed E-state index contributed by atoms with van der Waals surface area (Å²) in [5, 5.41) is 0. The van der Waals surface area contributed by atoms with Crippen LogP contribution in [0.25, 0.3) is 0 Å². The van der Waals surface area contributed by atoms with Crippen molar-refractivity contribution >= 4 is 11.6 Å². The molecule has 1 aromatic carbocycles. The minimum atomic E-state index is -0.314. The Kier molecular flexibility index (Phi) is 4.13. The molecule has 1 aromatic heterocycles. The van der Waals surface area contributed by atoms with Gasteiger partial charge in [0.1, 0.15) is 18.0 Å². The van der Waals surface area contributed by atoms with Crippen molar-refractivity contribution in [1.29, 1.82) is 0 Å². The van der Waals surface area contributed by atoms with Crippen LogP contribution in [0.3, 0.4) is 0 Å². The van der Waals surface area contributed by atoms with Gasteiger partial charge in [-0.05, 0) is 44.0 Å². The van der Waals surface area contributed by atoms with Gasteiger partial charge in [-0.25, -0.2) is 14.4 Å². The number of carbonyl (C=O) groups is 1. The van der Waals surface area contributed by atoms with Gasteiger partial charge in [0, 0.05) is 36.3 Å². The number of aryl methyl sites for hydroxylation is 1. The van der Waals surface area contributed by atoms with Gasteiger partial charge >= 0.3 is 0 Å². The lowest BCUT2D eigenvalue weighted by Crippen LogP contribution is -2.36. The fourth-order valence-electron chi connectivity index (χ4n) is 2.83. The molecule has 0 atom stereocenters. The average molecular weight is 299 g/mol. The molecule has 0 spiro atoms. The number of aromatic nitrogens is 2. The van der Waals surface area contributed by atoms with Crippen molar-refractivity contribution < 1.29 is 9.18 Å². The summed E-state index contributed by atoms with van der Waals surface area (Å²) in [5.74, 6) is 0.717. The molecular formula is C17H18FN3O. The van der Waals surface area contributed by atoms with Crippen LogP contribution in [0, 0.1) is 18.7 Å². The minimum absolute atomic E-state index is 0.00430. The molecular weight excluding hydrogens is 281 g/mol. The van der Waals surface area contributed by atoms with Gasteiger partial charge in [-0.1, -0.05) is 0 Å². The van der Waals surface area contributed by atoms with Crippen LogP contribution < -0.4 is 4.90 Å². The molecule has 1 aliphatic heterocycles. The van der Waals surface area contributed by atoms with E-state index in [1.165, 1.54) is 12.1 Å². The Hall–Kier alpha value is -2.30. The van der Waals surface area contributed by atoms with Gasteiger partial charge in [-0.2, -0.15) is 0 Å². The summed E-state index contributed by atoms with van der Waals surface area (Å²) in [5.41, 5.74) is 1.53. The molecule has 0 amide bonds. The lowest BCUT2D eigenvalue weighted by Gasteiger charge is -2.32. The molecule has 1 aliphatic rings. The van der Waals surface area contributed by atoms with Crippen LogP contribution >= 0.6 is 0 Å². The monoisotopic (exact) mass is 299 g/mol. The predicted molar refractivity (Wildman–Crippen MR) is 82.4 cm³/mol. The fraction of sp³-hybridized carbons (Fsp3) is 0.353. The smallest absolute Gasteiger partial charge is 0.166 e. The third-order valence-electron chi connectivity index (χ3n) is 4.11. The van der Waals surface area contributed by atoms with Crippen molar-refractivity contribution in [3.63, 3.8) is 0 Å². The van der Waals surface area contributed by atoms with Gasteiger partial charge in [0.25, 0.3) is 0 Å². The maximum absolute atomic E-state index is 12.9. The van der Waals surface area contributed by atoms with Gasteiger partial charge < -0.3 is 4.90 Å². The Labute approximate surface area is 129 Å². The highest BCUT2D eigenvalue weighted by Crippen LogP contribution is 2.24. The molecule has 4 nitrogen and oxygen atoms in total. The number of hydrogen-bond donors (Lipinski definition) is 0. The highest BCUT2D eigenvalue weighted by Gasteiger charge is 2.26. The van der Waals surface area contributed by atoms with Gasteiger partial charge in [0.2, 0.25) is 0 Å². The summed E-state index contributed by atoms with van der Waals surface area (Å²) in [6, 6.07) is 7.77. The summed E-state index contributed by atoms with van der Waals surface area (Å²) in [4.78, 5) is 23.0. The minimum Gasteiger partial charge on any atom is -0.356 e. The highest BCUT2D eigenvalue weighted by molar-refractivity contribution is 5.97. The zero-order valence-corrected chi connectivity index (χ0v) is 12.5. The number of piperidine rings is 1. The standard InChI is InChI=1S/C17H18FN3O/c1-12-10-16(20-11-19-12)21-8-6-14(7-9-21)17(22)13-2-4-15(18)5-3-13/h2-5,10-11,14H,6-9H2,1H3. The first kappa shape index (κ1) is 14.6. The molecule has 0 aliphatic carbocycles. The normalized spacial score (nSPS) is 15.8. The molecule has 114 valence electrons. The van der Waals surface area contributed by atoms with Crippen molar-refractivity contribution in [3.8, 4) is 0 Å². The van der Waals surface area contributed by atoms with Gasteiger partial charge in [-0.3, -0.25) is 4.79 Å². The molecule has 5 heteroatoms. The lowest BCUT2D eigenvalue weighted by molar-refractivity contribution is 0.0900. The molecule has 0 N–H and O–H groups in total. The molecule has 0 unspecified atom stereocenters. The zero-order valence-electron chi connectivity index (χ0n) is 12.5. The fourth-order valence-corrected chi connectivity index (χ4v) is 2.83. The third-order valence-corrected chi connectivity index (χ3v) is 4.11. The molecule has 2 heterocycles. The SMILES string of the molecule is Cc1cc(N2CCC(C(=O)c3ccc(F)cc3)CC2)ncn1. The van der Waals surface area contributed by atoms with Crippen molar-refractivity contribution in [2.75, 3.05) is 18.0 Å². The van der Waals surface area contributed by atoms with Gasteiger partial charge in [-0.15, -0.1) is 0 Å². The summed E-state index contributed by atoms with van der Waals surface area (Å²) < 4.78 is 12.9. The molecule has 22 heavy (non-hydrogen) atoms. The Bertz CT molecular complexity index is 664. The van der Waals surface area contributed by atoms with Crippen LogP contribution in [-0.4, -0.2) is 28.8 Å². The lowest BCUT2D eigenvalue weighted by atomic mass is 9.89. The van der Waals surface area contributed by atoms with E-state index in [-0.39, 0.29) is 17.5 Å². The van der Waals surface area contributed by atoms with E-state index >= 15 is 0 Å². The molecule has 0 bridgehead atoms. The second-order valence-corrected chi connectivity index (χ2v) is 5.65. The van der Waals surface area contributed by atoms with Gasteiger partial charge in [0.05, 0.1) is 0 Å². The van der Waals surface area contributed by atoms with Crippen LogP contribution in [-0.2, 0) is 0 Å².